The third kappa shape index (κ3) is 3.93. The van der Waals surface area contributed by atoms with Gasteiger partial charge in [0.15, 0.2) is 5.75 Å². The van der Waals surface area contributed by atoms with Crippen molar-refractivity contribution in [2.75, 3.05) is 6.61 Å². The van der Waals surface area contributed by atoms with Crippen LogP contribution in [0.25, 0.3) is 0 Å². The molecule has 6 heteroatoms. The van der Waals surface area contributed by atoms with E-state index in [0.29, 0.717) is 13.0 Å². The lowest BCUT2D eigenvalue weighted by molar-refractivity contribution is 0.355. The van der Waals surface area contributed by atoms with Crippen molar-refractivity contribution in [2.24, 2.45) is 0 Å². The van der Waals surface area contributed by atoms with E-state index in [1.54, 1.807) is 0 Å². The quantitative estimate of drug-likeness (QED) is 0.805. The minimum absolute atomic E-state index is 0.121. The minimum atomic E-state index is -1.16. The van der Waals surface area contributed by atoms with E-state index in [4.69, 9.17) is 4.74 Å². The molecule has 0 saturated carbocycles. The zero-order valence-corrected chi connectivity index (χ0v) is 15.0. The largest absolute Gasteiger partial charge is 0.490 e. The molecule has 116 valence electrons. The van der Waals surface area contributed by atoms with Crippen molar-refractivity contribution in [3.63, 3.8) is 0 Å². The molecule has 0 spiro atoms. The molecular weight excluding hydrogens is 352 g/mol. The van der Waals surface area contributed by atoms with Crippen molar-refractivity contribution >= 4 is 26.9 Å². The highest BCUT2D eigenvalue weighted by Crippen LogP contribution is 2.35. The Bertz CT molecular complexity index is 570. The molecule has 2 rings (SSSR count). The molecule has 0 saturated heterocycles. The van der Waals surface area contributed by atoms with Crippen LogP contribution in [0.4, 0.5) is 0 Å². The van der Waals surface area contributed by atoms with Gasteiger partial charge in [-0.3, -0.25) is 4.98 Å². The van der Waals surface area contributed by atoms with Crippen LogP contribution >= 0.6 is 15.9 Å². The van der Waals surface area contributed by atoms with Crippen LogP contribution in [0.2, 0.25) is 0 Å². The van der Waals surface area contributed by atoms with E-state index in [1.807, 2.05) is 32.9 Å². The minimum Gasteiger partial charge on any atom is -0.490 e. The van der Waals surface area contributed by atoms with E-state index >= 15 is 0 Å². The van der Waals surface area contributed by atoms with Gasteiger partial charge in [-0.2, -0.15) is 0 Å². The van der Waals surface area contributed by atoms with Crippen molar-refractivity contribution in [2.45, 2.75) is 44.4 Å². The highest BCUT2D eigenvalue weighted by Gasteiger charge is 2.26. The Morgan fingerprint density at radius 1 is 1.62 bits per heavy atom. The first-order valence-corrected chi connectivity index (χ1v) is 8.88. The fourth-order valence-electron chi connectivity index (χ4n) is 2.02. The van der Waals surface area contributed by atoms with Gasteiger partial charge >= 0.3 is 0 Å². The third-order valence-corrected chi connectivity index (χ3v) is 5.37. The average molecular weight is 373 g/mol. The molecule has 4 nitrogen and oxygen atoms in total. The molecule has 0 aliphatic carbocycles. The molecule has 21 heavy (non-hydrogen) atoms. The number of hydrogen-bond donors (Lipinski definition) is 1. The SMILES string of the molecule is C=CC[C@H](N[S@@](=O)C(C)(C)C)c1cc(Br)c2c(n1)CCO2. The summed E-state index contributed by atoms with van der Waals surface area (Å²) in [6.45, 7) is 10.3. The Morgan fingerprint density at radius 2 is 2.33 bits per heavy atom. The van der Waals surface area contributed by atoms with E-state index in [9.17, 15) is 4.21 Å². The topological polar surface area (TPSA) is 51.2 Å². The van der Waals surface area contributed by atoms with Crippen LogP contribution in [0, 0.1) is 0 Å². The summed E-state index contributed by atoms with van der Waals surface area (Å²) in [6, 6.07) is 1.82. The maximum atomic E-state index is 12.3. The maximum Gasteiger partial charge on any atom is 0.155 e. The summed E-state index contributed by atoms with van der Waals surface area (Å²) in [4.78, 5) is 4.67. The Hall–Kier alpha value is -0.720. The molecule has 0 radical (unpaired) electrons. The second-order valence-corrected chi connectivity index (χ2v) is 8.83. The van der Waals surface area contributed by atoms with E-state index in [2.05, 4.69) is 32.2 Å². The molecule has 0 unspecified atom stereocenters. The number of halogens is 1. The van der Waals surface area contributed by atoms with Gasteiger partial charge in [-0.05, 0) is 49.2 Å². The number of hydrogen-bond acceptors (Lipinski definition) is 3. The maximum absolute atomic E-state index is 12.3. The van der Waals surface area contributed by atoms with Crippen molar-refractivity contribution in [1.29, 1.82) is 0 Å². The molecule has 1 aliphatic rings. The van der Waals surface area contributed by atoms with Gasteiger partial charge in [-0.1, -0.05) is 6.08 Å². The summed E-state index contributed by atoms with van der Waals surface area (Å²) in [7, 11) is -1.16. The fourth-order valence-corrected chi connectivity index (χ4v) is 3.43. The molecule has 0 amide bonds. The van der Waals surface area contributed by atoms with Crippen LogP contribution in [-0.2, 0) is 17.4 Å². The zero-order valence-electron chi connectivity index (χ0n) is 12.6. The molecule has 1 N–H and O–H groups in total. The lowest BCUT2D eigenvalue weighted by Crippen LogP contribution is -2.36. The molecule has 0 aromatic carbocycles. The van der Waals surface area contributed by atoms with Crippen molar-refractivity contribution < 1.29 is 8.95 Å². The van der Waals surface area contributed by atoms with Crippen LogP contribution in [-0.4, -0.2) is 20.5 Å². The second-order valence-electron chi connectivity index (χ2n) is 5.98. The normalized spacial score (nSPS) is 17.0. The predicted molar refractivity (Wildman–Crippen MR) is 89.7 cm³/mol. The van der Waals surface area contributed by atoms with E-state index in [0.717, 1.165) is 28.0 Å². The van der Waals surface area contributed by atoms with Gasteiger partial charge in [0, 0.05) is 6.42 Å². The summed E-state index contributed by atoms with van der Waals surface area (Å²) in [5, 5.41) is 0. The standard InChI is InChI=1S/C15H21BrN2O2S/c1-5-6-11(18-21(19)15(2,3)4)13-9-10(16)14-12(17-13)7-8-20-14/h5,9,11,18H,1,6-8H2,2-4H3/t11-,21-/m0/s1. The van der Waals surface area contributed by atoms with Gasteiger partial charge < -0.3 is 4.74 Å². The van der Waals surface area contributed by atoms with Crippen LogP contribution in [0.1, 0.15) is 44.6 Å². The summed E-state index contributed by atoms with van der Waals surface area (Å²) in [6.07, 6.45) is 3.29. The van der Waals surface area contributed by atoms with Crippen LogP contribution in [0.5, 0.6) is 5.75 Å². The second kappa shape index (κ2) is 6.58. The number of aromatic nitrogens is 1. The molecule has 1 aromatic rings. The first kappa shape index (κ1) is 16.6. The van der Waals surface area contributed by atoms with Crippen molar-refractivity contribution in [3.05, 3.63) is 34.6 Å². The lowest BCUT2D eigenvalue weighted by atomic mass is 10.1. The molecule has 2 atom stereocenters. The number of fused-ring (bicyclic) bond motifs is 1. The van der Waals surface area contributed by atoms with E-state index in [-0.39, 0.29) is 10.8 Å². The van der Waals surface area contributed by atoms with Gasteiger partial charge in [0.25, 0.3) is 0 Å². The van der Waals surface area contributed by atoms with Gasteiger partial charge in [0.05, 0.1) is 44.2 Å². The van der Waals surface area contributed by atoms with Crippen LogP contribution < -0.4 is 9.46 Å². The van der Waals surface area contributed by atoms with Gasteiger partial charge in [-0.25, -0.2) is 8.93 Å². The lowest BCUT2D eigenvalue weighted by Gasteiger charge is -2.23. The third-order valence-electron chi connectivity index (χ3n) is 3.17. The Balaban J connectivity index is 2.28. The number of pyridine rings is 1. The molecule has 1 aromatic heterocycles. The summed E-state index contributed by atoms with van der Waals surface area (Å²) < 4.78 is 21.6. The molecule has 0 fully saturated rings. The van der Waals surface area contributed by atoms with Gasteiger partial charge in [0.1, 0.15) is 0 Å². The van der Waals surface area contributed by atoms with Crippen molar-refractivity contribution in [3.8, 4) is 5.75 Å². The molecule has 2 heterocycles. The number of nitrogens with zero attached hydrogens (tertiary/aromatic N) is 1. The summed E-state index contributed by atoms with van der Waals surface area (Å²) in [5.74, 6) is 0.827. The predicted octanol–water partition coefficient (Wildman–Crippen LogP) is 3.45. The highest BCUT2D eigenvalue weighted by molar-refractivity contribution is 9.10. The van der Waals surface area contributed by atoms with E-state index < -0.39 is 11.0 Å². The number of nitrogens with one attached hydrogen (secondary N) is 1. The van der Waals surface area contributed by atoms with Gasteiger partial charge in [0.2, 0.25) is 0 Å². The Morgan fingerprint density at radius 3 is 2.95 bits per heavy atom. The fraction of sp³-hybridized carbons (Fsp3) is 0.533. The number of ether oxygens (including phenoxy) is 1. The Kier molecular flexibility index (Phi) is 5.22. The smallest absolute Gasteiger partial charge is 0.155 e. The van der Waals surface area contributed by atoms with Crippen LogP contribution in [0.15, 0.2) is 23.2 Å². The first-order valence-electron chi connectivity index (χ1n) is 6.94. The zero-order chi connectivity index (χ0) is 15.6. The van der Waals surface area contributed by atoms with Gasteiger partial charge in [-0.15, -0.1) is 6.58 Å². The van der Waals surface area contributed by atoms with Crippen molar-refractivity contribution in [1.82, 2.24) is 9.71 Å². The van der Waals surface area contributed by atoms with Crippen LogP contribution in [0.3, 0.4) is 0 Å². The molecular formula is C15H21BrN2O2S. The van der Waals surface area contributed by atoms with E-state index in [1.165, 1.54) is 0 Å². The highest BCUT2D eigenvalue weighted by atomic mass is 79.9. The number of rotatable bonds is 5. The summed E-state index contributed by atoms with van der Waals surface area (Å²) >= 11 is 3.53. The monoisotopic (exact) mass is 372 g/mol. The average Bonchev–Trinajstić information content (AvgIpc) is 2.85. The molecule has 1 aliphatic heterocycles. The first-order chi connectivity index (χ1) is 9.82. The molecule has 0 bridgehead atoms. The summed E-state index contributed by atoms with van der Waals surface area (Å²) in [5.41, 5.74) is 1.82. The Labute approximate surface area is 137 Å².